The molecule has 0 aromatic heterocycles. The van der Waals surface area contributed by atoms with Crippen LogP contribution in [-0.4, -0.2) is 17.2 Å². The maximum Gasteiger partial charge on any atom is 0.119 e. The van der Waals surface area contributed by atoms with Gasteiger partial charge >= 0.3 is 0 Å². The van der Waals surface area contributed by atoms with Gasteiger partial charge in [-0.2, -0.15) is 0 Å². The lowest BCUT2D eigenvalue weighted by Crippen LogP contribution is -2.41. The van der Waals surface area contributed by atoms with Crippen LogP contribution in [-0.2, 0) is 12.8 Å². The van der Waals surface area contributed by atoms with Gasteiger partial charge in [-0.25, -0.2) is 0 Å². The molecule has 0 saturated heterocycles. The van der Waals surface area contributed by atoms with Crippen LogP contribution in [0.1, 0.15) is 57.1 Å². The van der Waals surface area contributed by atoms with Crippen LogP contribution in [0.4, 0.5) is 0 Å². The van der Waals surface area contributed by atoms with E-state index in [1.165, 1.54) is 37.7 Å². The monoisotopic (exact) mass is 261 g/mol. The fraction of sp³-hybridized carbons (Fsp3) is 0.647. The zero-order valence-corrected chi connectivity index (χ0v) is 12.3. The number of aromatic hydroxyl groups is 1. The zero-order valence-electron chi connectivity index (χ0n) is 12.3. The second-order valence-electron chi connectivity index (χ2n) is 5.80. The second kappa shape index (κ2) is 6.95. The molecule has 2 rings (SSSR count). The molecule has 0 amide bonds. The Morgan fingerprint density at radius 3 is 2.68 bits per heavy atom. The quantitative estimate of drug-likeness (QED) is 0.816. The van der Waals surface area contributed by atoms with Crippen LogP contribution in [0.2, 0.25) is 0 Å². The molecule has 0 radical (unpaired) electrons. The first-order valence-corrected chi connectivity index (χ1v) is 7.80. The van der Waals surface area contributed by atoms with Crippen molar-refractivity contribution in [3.05, 3.63) is 29.3 Å². The van der Waals surface area contributed by atoms with E-state index in [0.29, 0.717) is 17.8 Å². The molecular formula is C17H27NO. The summed E-state index contributed by atoms with van der Waals surface area (Å²) >= 11 is 0. The molecule has 106 valence electrons. The average Bonchev–Trinajstić information content (AvgIpc) is 2.40. The van der Waals surface area contributed by atoms with Gasteiger partial charge < -0.3 is 10.4 Å². The van der Waals surface area contributed by atoms with Crippen LogP contribution in [0.15, 0.2) is 18.2 Å². The molecule has 0 aliphatic heterocycles. The lowest BCUT2D eigenvalue weighted by molar-refractivity contribution is 0.354. The van der Waals surface area contributed by atoms with E-state index >= 15 is 0 Å². The average molecular weight is 261 g/mol. The van der Waals surface area contributed by atoms with E-state index in [9.17, 15) is 5.11 Å². The predicted molar refractivity (Wildman–Crippen MR) is 80.7 cm³/mol. The molecule has 2 heteroatoms. The van der Waals surface area contributed by atoms with Gasteiger partial charge in [-0.15, -0.1) is 0 Å². The molecule has 1 unspecified atom stereocenters. The third kappa shape index (κ3) is 3.73. The predicted octanol–water partition coefficient (Wildman–Crippen LogP) is 3.81. The van der Waals surface area contributed by atoms with E-state index in [4.69, 9.17) is 0 Å². The Bertz CT molecular complexity index is 396. The minimum absolute atomic E-state index is 0.478. The first-order valence-electron chi connectivity index (χ1n) is 7.80. The Labute approximate surface area is 117 Å². The lowest BCUT2D eigenvalue weighted by atomic mass is 9.87. The highest BCUT2D eigenvalue weighted by Crippen LogP contribution is 2.29. The molecular weight excluding hydrogens is 234 g/mol. The third-order valence-corrected chi connectivity index (χ3v) is 4.21. The van der Waals surface area contributed by atoms with Gasteiger partial charge in [-0.1, -0.05) is 38.8 Å². The van der Waals surface area contributed by atoms with Gasteiger partial charge in [0.1, 0.15) is 5.75 Å². The number of hydrogen-bond donors (Lipinski definition) is 2. The molecule has 1 aliphatic rings. The van der Waals surface area contributed by atoms with Crippen molar-refractivity contribution in [1.29, 1.82) is 0 Å². The van der Waals surface area contributed by atoms with Crippen LogP contribution in [0.3, 0.4) is 0 Å². The van der Waals surface area contributed by atoms with E-state index in [-0.39, 0.29) is 0 Å². The third-order valence-electron chi connectivity index (χ3n) is 4.21. The van der Waals surface area contributed by atoms with Crippen molar-refractivity contribution in [1.82, 2.24) is 5.32 Å². The van der Waals surface area contributed by atoms with Crippen molar-refractivity contribution in [3.8, 4) is 5.75 Å². The van der Waals surface area contributed by atoms with Crippen molar-refractivity contribution in [2.24, 2.45) is 0 Å². The number of aryl methyl sites for hydroxylation is 1. The van der Waals surface area contributed by atoms with E-state index in [2.05, 4.69) is 25.2 Å². The second-order valence-corrected chi connectivity index (χ2v) is 5.80. The summed E-state index contributed by atoms with van der Waals surface area (Å²) in [6, 6.07) is 7.10. The maximum atomic E-state index is 9.99. The molecule has 1 atom stereocenters. The van der Waals surface area contributed by atoms with Gasteiger partial charge in [0.2, 0.25) is 0 Å². The lowest BCUT2D eigenvalue weighted by Gasteiger charge is -2.30. The van der Waals surface area contributed by atoms with Crippen LogP contribution in [0.25, 0.3) is 0 Å². The van der Waals surface area contributed by atoms with Crippen molar-refractivity contribution in [3.63, 3.8) is 0 Å². The number of phenols is 1. The van der Waals surface area contributed by atoms with Gasteiger partial charge in [-0.3, -0.25) is 0 Å². The van der Waals surface area contributed by atoms with Crippen LogP contribution in [0.5, 0.6) is 5.75 Å². The Morgan fingerprint density at radius 2 is 2.00 bits per heavy atom. The van der Waals surface area contributed by atoms with Crippen molar-refractivity contribution in [2.75, 3.05) is 0 Å². The molecule has 0 heterocycles. The molecule has 1 aromatic rings. The number of rotatable bonds is 6. The smallest absolute Gasteiger partial charge is 0.119 e. The number of benzene rings is 1. The van der Waals surface area contributed by atoms with Crippen LogP contribution in [0, 0.1) is 0 Å². The van der Waals surface area contributed by atoms with E-state index < -0.39 is 0 Å². The number of hydrogen-bond acceptors (Lipinski definition) is 2. The Kier molecular flexibility index (Phi) is 5.26. The maximum absolute atomic E-state index is 9.99. The fourth-order valence-corrected chi connectivity index (χ4v) is 3.25. The Morgan fingerprint density at radius 1 is 1.26 bits per heavy atom. The van der Waals surface area contributed by atoms with Crippen molar-refractivity contribution >= 4 is 0 Å². The van der Waals surface area contributed by atoms with Crippen LogP contribution >= 0.6 is 0 Å². The molecule has 0 fully saturated rings. The zero-order chi connectivity index (χ0) is 13.7. The molecule has 2 N–H and O–H groups in total. The standard InChI is InChI=1S/C17H27NO/c1-3-6-14(7-4-2)18-15-11-10-13-8-5-9-17(19)16(13)12-15/h5,8-9,14-15,18-19H,3-4,6-7,10-12H2,1-2H3. The van der Waals surface area contributed by atoms with Gasteiger partial charge in [-0.05, 0) is 49.3 Å². The Hall–Kier alpha value is -1.02. The molecule has 1 aromatic carbocycles. The summed E-state index contributed by atoms with van der Waals surface area (Å²) in [5.74, 6) is 0.478. The highest BCUT2D eigenvalue weighted by atomic mass is 16.3. The first-order chi connectivity index (χ1) is 9.24. The normalized spacial score (nSPS) is 18.6. The van der Waals surface area contributed by atoms with E-state index in [0.717, 1.165) is 18.4 Å². The summed E-state index contributed by atoms with van der Waals surface area (Å²) in [5, 5.41) is 13.8. The largest absolute Gasteiger partial charge is 0.508 e. The molecule has 0 bridgehead atoms. The van der Waals surface area contributed by atoms with E-state index in [1.54, 1.807) is 0 Å². The topological polar surface area (TPSA) is 32.3 Å². The van der Waals surface area contributed by atoms with Gasteiger partial charge in [0.25, 0.3) is 0 Å². The van der Waals surface area contributed by atoms with Gasteiger partial charge in [0.15, 0.2) is 0 Å². The van der Waals surface area contributed by atoms with E-state index in [1.807, 2.05) is 12.1 Å². The summed E-state index contributed by atoms with van der Waals surface area (Å²) in [7, 11) is 0. The van der Waals surface area contributed by atoms with Crippen molar-refractivity contribution < 1.29 is 5.11 Å². The molecule has 2 nitrogen and oxygen atoms in total. The summed E-state index contributed by atoms with van der Waals surface area (Å²) in [5.41, 5.74) is 2.50. The minimum Gasteiger partial charge on any atom is -0.508 e. The molecule has 0 spiro atoms. The SMILES string of the molecule is CCCC(CCC)NC1CCc2cccc(O)c2C1. The molecule has 1 aliphatic carbocycles. The molecule has 19 heavy (non-hydrogen) atoms. The highest BCUT2D eigenvalue weighted by Gasteiger charge is 2.22. The number of phenolic OH excluding ortho intramolecular Hbond substituents is 1. The summed E-state index contributed by atoms with van der Waals surface area (Å²) in [4.78, 5) is 0. The summed E-state index contributed by atoms with van der Waals surface area (Å²) < 4.78 is 0. The highest BCUT2D eigenvalue weighted by molar-refractivity contribution is 5.41. The van der Waals surface area contributed by atoms with Gasteiger partial charge in [0, 0.05) is 12.1 Å². The number of fused-ring (bicyclic) bond motifs is 1. The Balaban J connectivity index is 1.99. The minimum atomic E-state index is 0.478. The van der Waals surface area contributed by atoms with Crippen molar-refractivity contribution in [2.45, 2.75) is 70.9 Å². The molecule has 0 saturated carbocycles. The number of nitrogens with one attached hydrogen (secondary N) is 1. The fourth-order valence-electron chi connectivity index (χ4n) is 3.25. The summed E-state index contributed by atoms with van der Waals surface area (Å²) in [6.45, 7) is 4.51. The van der Waals surface area contributed by atoms with Gasteiger partial charge in [0.05, 0.1) is 0 Å². The summed E-state index contributed by atoms with van der Waals surface area (Å²) in [6.07, 6.45) is 8.27. The van der Waals surface area contributed by atoms with Crippen LogP contribution < -0.4 is 5.32 Å². The first kappa shape index (κ1) is 14.4.